The van der Waals surface area contributed by atoms with Crippen molar-refractivity contribution in [3.63, 3.8) is 0 Å². The number of nitrogens with zero attached hydrogens (tertiary/aromatic N) is 5. The van der Waals surface area contributed by atoms with Crippen LogP contribution in [0.3, 0.4) is 0 Å². The van der Waals surface area contributed by atoms with Gasteiger partial charge in [0, 0.05) is 30.4 Å². The van der Waals surface area contributed by atoms with Gasteiger partial charge in [0.25, 0.3) is 17.4 Å². The van der Waals surface area contributed by atoms with E-state index >= 15 is 0 Å². The molecule has 0 atom stereocenters. The number of nitrogens with one attached hydrogen (secondary N) is 1. The summed E-state index contributed by atoms with van der Waals surface area (Å²) in [6, 6.07) is 3.51. The molecule has 2 N–H and O–H groups in total. The molecule has 3 aromatic heterocycles. The topological polar surface area (TPSA) is 131 Å². The molecular weight excluding hydrogens is 452 g/mol. The molecule has 0 bridgehead atoms. The predicted molar refractivity (Wildman–Crippen MR) is 128 cm³/mol. The first-order valence-electron chi connectivity index (χ1n) is 11.6. The van der Waals surface area contributed by atoms with Crippen LogP contribution in [-0.2, 0) is 11.3 Å². The van der Waals surface area contributed by atoms with Crippen molar-refractivity contribution in [3.05, 3.63) is 52.1 Å². The van der Waals surface area contributed by atoms with E-state index in [9.17, 15) is 19.5 Å². The molecular formula is C24H26N6O5. The molecule has 11 nitrogen and oxygen atoms in total. The Morgan fingerprint density at radius 2 is 2.14 bits per heavy atom. The van der Waals surface area contributed by atoms with Gasteiger partial charge >= 0.3 is 0 Å². The second-order valence-electron chi connectivity index (χ2n) is 9.09. The van der Waals surface area contributed by atoms with E-state index in [-0.39, 0.29) is 23.4 Å². The summed E-state index contributed by atoms with van der Waals surface area (Å²) in [7, 11) is 0. The van der Waals surface area contributed by atoms with Crippen molar-refractivity contribution in [2.75, 3.05) is 18.1 Å². The van der Waals surface area contributed by atoms with Crippen LogP contribution in [-0.4, -0.2) is 55.3 Å². The molecule has 0 unspecified atom stereocenters. The number of fused-ring (bicyclic) bond motifs is 2. The minimum absolute atomic E-state index is 0.0261. The van der Waals surface area contributed by atoms with E-state index in [1.807, 2.05) is 13.8 Å². The van der Waals surface area contributed by atoms with E-state index in [1.165, 1.54) is 21.4 Å². The van der Waals surface area contributed by atoms with Crippen molar-refractivity contribution in [2.24, 2.45) is 5.92 Å². The van der Waals surface area contributed by atoms with Crippen LogP contribution >= 0.6 is 0 Å². The highest BCUT2D eigenvalue weighted by molar-refractivity contribution is 6.05. The number of anilines is 1. The molecule has 1 aliphatic carbocycles. The first-order valence-corrected chi connectivity index (χ1v) is 11.6. The van der Waals surface area contributed by atoms with E-state index < -0.39 is 17.3 Å². The molecule has 35 heavy (non-hydrogen) atoms. The number of ether oxygens (including phenoxy) is 1. The molecule has 182 valence electrons. The molecule has 0 aromatic carbocycles. The SMILES string of the molecule is CC(C)Cn1c(=O)c(C(=O)NC2CC2)c(O)n2ncc(C=CC(=O)N3CCOc4ncccc43)c12. The maximum atomic E-state index is 13.3. The molecule has 2 amide bonds. The van der Waals surface area contributed by atoms with Crippen LogP contribution in [0.2, 0.25) is 0 Å². The number of hydrogen-bond donors (Lipinski definition) is 2. The van der Waals surface area contributed by atoms with Gasteiger partial charge in [0.15, 0.2) is 5.56 Å². The van der Waals surface area contributed by atoms with Gasteiger partial charge in [0.05, 0.1) is 12.7 Å². The van der Waals surface area contributed by atoms with E-state index in [0.717, 1.165) is 12.8 Å². The molecule has 4 heterocycles. The number of aromatic hydroxyl groups is 1. The second kappa shape index (κ2) is 8.90. The Morgan fingerprint density at radius 1 is 1.34 bits per heavy atom. The number of carbonyl (C=O) groups excluding carboxylic acids is 2. The highest BCUT2D eigenvalue weighted by Gasteiger charge is 2.30. The number of rotatable bonds is 6. The third kappa shape index (κ3) is 4.25. The van der Waals surface area contributed by atoms with Gasteiger partial charge in [0.1, 0.15) is 17.9 Å². The zero-order valence-corrected chi connectivity index (χ0v) is 19.5. The first-order chi connectivity index (χ1) is 16.8. The fraction of sp³-hybridized carbons (Fsp3) is 0.375. The summed E-state index contributed by atoms with van der Waals surface area (Å²) in [6.07, 6.45) is 7.68. The quantitative estimate of drug-likeness (QED) is 0.514. The van der Waals surface area contributed by atoms with Crippen LogP contribution < -0.4 is 20.5 Å². The van der Waals surface area contributed by atoms with Gasteiger partial charge in [-0.15, -0.1) is 0 Å². The summed E-state index contributed by atoms with van der Waals surface area (Å²) in [5.74, 6) is -0.960. The van der Waals surface area contributed by atoms with Crippen molar-refractivity contribution >= 4 is 29.2 Å². The number of hydrogen-bond acceptors (Lipinski definition) is 7. The molecule has 0 saturated heterocycles. The highest BCUT2D eigenvalue weighted by atomic mass is 16.5. The second-order valence-corrected chi connectivity index (χ2v) is 9.09. The monoisotopic (exact) mass is 478 g/mol. The molecule has 1 aliphatic heterocycles. The molecule has 0 spiro atoms. The summed E-state index contributed by atoms with van der Waals surface area (Å²) >= 11 is 0. The molecule has 3 aromatic rings. The summed E-state index contributed by atoms with van der Waals surface area (Å²) in [4.78, 5) is 44.8. The Balaban J connectivity index is 1.54. The van der Waals surface area contributed by atoms with E-state index in [4.69, 9.17) is 4.74 Å². The van der Waals surface area contributed by atoms with Gasteiger partial charge in [-0.3, -0.25) is 19.0 Å². The van der Waals surface area contributed by atoms with E-state index in [0.29, 0.717) is 42.5 Å². The van der Waals surface area contributed by atoms with Gasteiger partial charge in [-0.05, 0) is 37.0 Å². The molecule has 11 heteroatoms. The smallest absolute Gasteiger partial charge is 0.270 e. The van der Waals surface area contributed by atoms with Gasteiger partial charge < -0.3 is 20.1 Å². The lowest BCUT2D eigenvalue weighted by molar-refractivity contribution is -0.114. The van der Waals surface area contributed by atoms with Crippen molar-refractivity contribution < 1.29 is 19.4 Å². The lowest BCUT2D eigenvalue weighted by Crippen LogP contribution is -2.37. The summed E-state index contributed by atoms with van der Waals surface area (Å²) in [5.41, 5.74) is 0.403. The fourth-order valence-electron chi connectivity index (χ4n) is 4.08. The normalized spacial score (nSPS) is 15.5. The third-order valence-electron chi connectivity index (χ3n) is 5.86. The maximum Gasteiger partial charge on any atom is 0.270 e. The molecule has 2 aliphatic rings. The van der Waals surface area contributed by atoms with Gasteiger partial charge in [-0.1, -0.05) is 13.8 Å². The van der Waals surface area contributed by atoms with Gasteiger partial charge in [-0.25, -0.2) is 4.98 Å². The van der Waals surface area contributed by atoms with Crippen LogP contribution in [0.15, 0.2) is 35.4 Å². The van der Waals surface area contributed by atoms with Crippen LogP contribution in [0.4, 0.5) is 5.69 Å². The number of amides is 2. The molecule has 1 fully saturated rings. The summed E-state index contributed by atoms with van der Waals surface area (Å²) in [6.45, 7) is 4.89. The minimum atomic E-state index is -0.614. The van der Waals surface area contributed by atoms with Crippen molar-refractivity contribution in [1.82, 2.24) is 24.5 Å². The zero-order valence-electron chi connectivity index (χ0n) is 19.5. The average Bonchev–Trinajstić information content (AvgIpc) is 3.55. The van der Waals surface area contributed by atoms with Crippen molar-refractivity contribution in [2.45, 2.75) is 39.3 Å². The van der Waals surface area contributed by atoms with Crippen molar-refractivity contribution in [3.8, 4) is 11.8 Å². The molecule has 1 saturated carbocycles. The first kappa shape index (κ1) is 22.6. The standard InChI is InChI=1S/C24H26N6O5/c1-14(2)13-29-22-15(5-8-18(31)28-10-11-35-21-17(28)4-3-9-25-21)12-26-30(22)24(34)19(23(29)33)20(32)27-16-6-7-16/h3-5,8-9,12,14,16,34H,6-7,10-11,13H2,1-2H3,(H,27,32). The molecule has 0 radical (unpaired) electrons. The minimum Gasteiger partial charge on any atom is -0.492 e. The average molecular weight is 479 g/mol. The molecule has 5 rings (SSSR count). The number of aromatic nitrogens is 4. The lowest BCUT2D eigenvalue weighted by atomic mass is 10.2. The summed E-state index contributed by atoms with van der Waals surface area (Å²) < 4.78 is 8.11. The van der Waals surface area contributed by atoms with Crippen LogP contribution in [0.25, 0.3) is 11.7 Å². The van der Waals surface area contributed by atoms with E-state index in [2.05, 4.69) is 15.4 Å². The lowest BCUT2D eigenvalue weighted by Gasteiger charge is -2.27. The van der Waals surface area contributed by atoms with Crippen molar-refractivity contribution in [1.29, 1.82) is 0 Å². The number of pyridine rings is 1. The Labute approximate surface area is 200 Å². The Hall–Kier alpha value is -4.15. The van der Waals surface area contributed by atoms with Gasteiger partial charge in [0.2, 0.25) is 11.8 Å². The predicted octanol–water partition coefficient (Wildman–Crippen LogP) is 1.58. The van der Waals surface area contributed by atoms with Crippen LogP contribution in [0.5, 0.6) is 11.8 Å². The zero-order chi connectivity index (χ0) is 24.7. The largest absolute Gasteiger partial charge is 0.492 e. The highest BCUT2D eigenvalue weighted by Crippen LogP contribution is 2.29. The third-order valence-corrected chi connectivity index (χ3v) is 5.86. The van der Waals surface area contributed by atoms with Crippen LogP contribution in [0.1, 0.15) is 42.6 Å². The van der Waals surface area contributed by atoms with Gasteiger partial charge in [-0.2, -0.15) is 9.61 Å². The Morgan fingerprint density at radius 3 is 2.89 bits per heavy atom. The Kier molecular flexibility index (Phi) is 5.75. The van der Waals surface area contributed by atoms with E-state index in [1.54, 1.807) is 29.3 Å². The summed E-state index contributed by atoms with van der Waals surface area (Å²) in [5, 5.41) is 17.8. The Bertz CT molecular complexity index is 1400. The van der Waals surface area contributed by atoms with Crippen LogP contribution in [0, 0.1) is 5.92 Å². The number of carbonyl (C=O) groups is 2. The fourth-order valence-corrected chi connectivity index (χ4v) is 4.08. The maximum absolute atomic E-state index is 13.3.